The Bertz CT molecular complexity index is 671. The highest BCUT2D eigenvalue weighted by atomic mass is 127. The van der Waals surface area contributed by atoms with Crippen molar-refractivity contribution < 1.29 is 14.3 Å². The average Bonchev–Trinajstić information content (AvgIpc) is 2.54. The number of amides is 2. The molecule has 0 fully saturated rings. The maximum Gasteiger partial charge on any atom is 0.262 e. The second-order valence-corrected chi connectivity index (χ2v) is 5.59. The summed E-state index contributed by atoms with van der Waals surface area (Å²) in [5, 5.41) is 5.26. The Balaban J connectivity index is 1.89. The number of carbonyl (C=O) groups excluding carboxylic acids is 2. The summed E-state index contributed by atoms with van der Waals surface area (Å²) in [6, 6.07) is 14.1. The third-order valence-electron chi connectivity index (χ3n) is 2.85. The smallest absolute Gasteiger partial charge is 0.262 e. The molecule has 6 heteroatoms. The van der Waals surface area contributed by atoms with E-state index in [4.69, 9.17) is 4.74 Å². The van der Waals surface area contributed by atoms with E-state index in [1.807, 2.05) is 24.3 Å². The van der Waals surface area contributed by atoms with Crippen LogP contribution in [0.5, 0.6) is 5.75 Å². The van der Waals surface area contributed by atoms with Gasteiger partial charge in [0.05, 0.1) is 3.57 Å². The van der Waals surface area contributed by atoms with Crippen molar-refractivity contribution in [2.45, 2.75) is 0 Å². The molecular weight excluding hydrogens is 395 g/mol. The van der Waals surface area contributed by atoms with E-state index in [1.54, 1.807) is 31.3 Å². The number of halogens is 1. The monoisotopic (exact) mass is 410 g/mol. The van der Waals surface area contributed by atoms with Crippen molar-refractivity contribution in [3.63, 3.8) is 0 Å². The van der Waals surface area contributed by atoms with Gasteiger partial charge in [0.2, 0.25) is 0 Å². The minimum absolute atomic E-state index is 0.0722. The van der Waals surface area contributed by atoms with Gasteiger partial charge >= 0.3 is 0 Å². The number of rotatable bonds is 5. The van der Waals surface area contributed by atoms with Crippen molar-refractivity contribution in [1.29, 1.82) is 0 Å². The van der Waals surface area contributed by atoms with Crippen LogP contribution in [0.4, 0.5) is 5.69 Å². The molecule has 0 heterocycles. The second-order valence-electron chi connectivity index (χ2n) is 4.42. The van der Waals surface area contributed by atoms with E-state index in [0.717, 1.165) is 3.57 Å². The van der Waals surface area contributed by atoms with Gasteiger partial charge in [-0.05, 0) is 59.0 Å². The molecule has 22 heavy (non-hydrogen) atoms. The van der Waals surface area contributed by atoms with Gasteiger partial charge < -0.3 is 15.4 Å². The molecule has 0 aromatic heterocycles. The van der Waals surface area contributed by atoms with Crippen LogP contribution in [0.3, 0.4) is 0 Å². The average molecular weight is 410 g/mol. The number of ether oxygens (including phenoxy) is 1. The molecule has 0 unspecified atom stereocenters. The van der Waals surface area contributed by atoms with Crippen LogP contribution in [-0.2, 0) is 4.79 Å². The van der Waals surface area contributed by atoms with E-state index in [0.29, 0.717) is 17.0 Å². The predicted molar refractivity (Wildman–Crippen MR) is 93.1 cm³/mol. The molecule has 2 N–H and O–H groups in total. The van der Waals surface area contributed by atoms with Gasteiger partial charge in [0.15, 0.2) is 6.61 Å². The van der Waals surface area contributed by atoms with Crippen molar-refractivity contribution >= 4 is 40.1 Å². The lowest BCUT2D eigenvalue weighted by molar-refractivity contribution is -0.118. The second kappa shape index (κ2) is 7.79. The third kappa shape index (κ3) is 4.45. The molecule has 0 aliphatic carbocycles. The van der Waals surface area contributed by atoms with Crippen LogP contribution < -0.4 is 15.4 Å². The fraction of sp³-hybridized carbons (Fsp3) is 0.125. The summed E-state index contributed by atoms with van der Waals surface area (Å²) in [4.78, 5) is 23.3. The van der Waals surface area contributed by atoms with Gasteiger partial charge in [0, 0.05) is 18.3 Å². The molecule has 0 saturated heterocycles. The first-order valence-corrected chi connectivity index (χ1v) is 7.67. The standard InChI is InChI=1S/C16H15IN2O3/c1-18-16(21)11-6-8-12(9-7-11)19-15(20)10-22-14-5-3-2-4-13(14)17/h2-9H,10H2,1H3,(H,18,21)(H,19,20). The van der Waals surface area contributed by atoms with Crippen LogP contribution in [0.15, 0.2) is 48.5 Å². The molecular formula is C16H15IN2O3. The summed E-state index contributed by atoms with van der Waals surface area (Å²) < 4.78 is 6.41. The van der Waals surface area contributed by atoms with Crippen LogP contribution >= 0.6 is 22.6 Å². The van der Waals surface area contributed by atoms with E-state index in [2.05, 4.69) is 33.2 Å². The van der Waals surface area contributed by atoms with Gasteiger partial charge in [-0.2, -0.15) is 0 Å². The summed E-state index contributed by atoms with van der Waals surface area (Å²) >= 11 is 2.15. The number of anilines is 1. The molecule has 2 rings (SSSR count). The highest BCUT2D eigenvalue weighted by molar-refractivity contribution is 14.1. The van der Waals surface area contributed by atoms with Gasteiger partial charge in [-0.15, -0.1) is 0 Å². The van der Waals surface area contributed by atoms with Crippen LogP contribution in [0.1, 0.15) is 10.4 Å². The minimum Gasteiger partial charge on any atom is -0.483 e. The first kappa shape index (κ1) is 16.3. The van der Waals surface area contributed by atoms with Gasteiger partial charge in [-0.25, -0.2) is 0 Å². The van der Waals surface area contributed by atoms with Crippen molar-refractivity contribution in [1.82, 2.24) is 5.32 Å². The first-order valence-electron chi connectivity index (χ1n) is 6.59. The van der Waals surface area contributed by atoms with Crippen molar-refractivity contribution in [2.75, 3.05) is 19.0 Å². The van der Waals surface area contributed by atoms with Crippen molar-refractivity contribution in [3.05, 3.63) is 57.7 Å². The molecule has 0 spiro atoms. The van der Waals surface area contributed by atoms with Gasteiger partial charge in [0.1, 0.15) is 5.75 Å². The summed E-state index contributed by atoms with van der Waals surface area (Å²) in [6.45, 7) is -0.0722. The van der Waals surface area contributed by atoms with Gasteiger partial charge in [0.25, 0.3) is 11.8 Å². The Morgan fingerprint density at radius 2 is 1.77 bits per heavy atom. The first-order chi connectivity index (χ1) is 10.6. The quantitative estimate of drug-likeness (QED) is 0.745. The lowest BCUT2D eigenvalue weighted by Gasteiger charge is -2.09. The molecule has 114 valence electrons. The van der Waals surface area contributed by atoms with Crippen molar-refractivity contribution in [3.8, 4) is 5.75 Å². The predicted octanol–water partition coefficient (Wildman–Crippen LogP) is 2.67. The molecule has 2 aromatic rings. The molecule has 2 amide bonds. The highest BCUT2D eigenvalue weighted by Gasteiger charge is 2.07. The zero-order valence-corrected chi connectivity index (χ0v) is 14.1. The number of nitrogens with one attached hydrogen (secondary N) is 2. The number of hydrogen-bond acceptors (Lipinski definition) is 3. The Kier molecular flexibility index (Phi) is 5.76. The maximum atomic E-state index is 11.9. The summed E-state index contributed by atoms with van der Waals surface area (Å²) in [6.07, 6.45) is 0. The van der Waals surface area contributed by atoms with Crippen molar-refractivity contribution in [2.24, 2.45) is 0 Å². The Labute approximate surface area is 142 Å². The molecule has 0 aliphatic rings. The molecule has 2 aromatic carbocycles. The fourth-order valence-corrected chi connectivity index (χ4v) is 2.29. The van der Waals surface area contributed by atoms with E-state index in [-0.39, 0.29) is 18.4 Å². The molecule has 5 nitrogen and oxygen atoms in total. The Hall–Kier alpha value is -2.09. The van der Waals surface area contributed by atoms with Gasteiger partial charge in [-0.3, -0.25) is 9.59 Å². The van der Waals surface area contributed by atoms with E-state index in [1.165, 1.54) is 0 Å². The zero-order chi connectivity index (χ0) is 15.9. The molecule has 0 bridgehead atoms. The van der Waals surface area contributed by atoms with E-state index >= 15 is 0 Å². The van der Waals surface area contributed by atoms with Crippen LogP contribution in [0, 0.1) is 3.57 Å². The zero-order valence-electron chi connectivity index (χ0n) is 11.9. The largest absolute Gasteiger partial charge is 0.483 e. The third-order valence-corrected chi connectivity index (χ3v) is 3.74. The summed E-state index contributed by atoms with van der Waals surface area (Å²) in [5.41, 5.74) is 1.15. The lowest BCUT2D eigenvalue weighted by Crippen LogP contribution is -2.21. The lowest BCUT2D eigenvalue weighted by atomic mass is 10.2. The van der Waals surface area contributed by atoms with Crippen LogP contribution in [0.2, 0.25) is 0 Å². The molecule has 0 aliphatic heterocycles. The highest BCUT2D eigenvalue weighted by Crippen LogP contribution is 2.19. The van der Waals surface area contributed by atoms with Crippen LogP contribution in [0.25, 0.3) is 0 Å². The Morgan fingerprint density at radius 3 is 2.41 bits per heavy atom. The number of carbonyl (C=O) groups is 2. The van der Waals surface area contributed by atoms with Crippen LogP contribution in [-0.4, -0.2) is 25.5 Å². The fourth-order valence-electron chi connectivity index (χ4n) is 1.75. The SMILES string of the molecule is CNC(=O)c1ccc(NC(=O)COc2ccccc2I)cc1. The number of para-hydroxylation sites is 1. The molecule has 0 atom stereocenters. The molecule has 0 saturated carbocycles. The van der Waals surface area contributed by atoms with Gasteiger partial charge in [-0.1, -0.05) is 12.1 Å². The number of hydrogen-bond donors (Lipinski definition) is 2. The maximum absolute atomic E-state index is 11.9. The number of benzene rings is 2. The van der Waals surface area contributed by atoms with E-state index in [9.17, 15) is 9.59 Å². The minimum atomic E-state index is -0.257. The summed E-state index contributed by atoms with van der Waals surface area (Å²) in [7, 11) is 1.57. The normalized spacial score (nSPS) is 9.91. The Morgan fingerprint density at radius 1 is 1.09 bits per heavy atom. The topological polar surface area (TPSA) is 67.4 Å². The summed E-state index contributed by atoms with van der Waals surface area (Å²) in [5.74, 6) is 0.250. The van der Waals surface area contributed by atoms with E-state index < -0.39 is 0 Å². The molecule has 0 radical (unpaired) electrons.